The van der Waals surface area contributed by atoms with Gasteiger partial charge in [-0.3, -0.25) is 4.55 Å². The molecule has 86 valence electrons. The summed E-state index contributed by atoms with van der Waals surface area (Å²) < 4.78 is 31.6. The van der Waals surface area contributed by atoms with Crippen molar-refractivity contribution >= 4 is 21.7 Å². The van der Waals surface area contributed by atoms with Crippen molar-refractivity contribution in [1.82, 2.24) is 0 Å². The van der Waals surface area contributed by atoms with Gasteiger partial charge in [-0.2, -0.15) is 8.42 Å². The molecule has 0 aromatic rings. The molecule has 0 spiro atoms. The van der Waals surface area contributed by atoms with Crippen LogP contribution in [-0.2, 0) is 10.1 Å². The second-order valence-electron chi connectivity index (χ2n) is 5.77. The third-order valence-electron chi connectivity index (χ3n) is 4.48. The smallest absolute Gasteiger partial charge is 0.270 e. The Morgan fingerprint density at radius 1 is 1.13 bits per heavy atom. The third kappa shape index (κ3) is 1.38. The van der Waals surface area contributed by atoms with Crippen molar-refractivity contribution in [2.75, 3.05) is 0 Å². The van der Waals surface area contributed by atoms with Crippen LogP contribution >= 0.6 is 11.6 Å². The highest BCUT2D eigenvalue weighted by Gasteiger charge is 2.62. The summed E-state index contributed by atoms with van der Waals surface area (Å²) in [6, 6.07) is 0. The minimum absolute atomic E-state index is 0.347. The van der Waals surface area contributed by atoms with Gasteiger partial charge in [0.1, 0.15) is 0 Å². The van der Waals surface area contributed by atoms with Gasteiger partial charge < -0.3 is 0 Å². The van der Waals surface area contributed by atoms with Gasteiger partial charge in [0.2, 0.25) is 0 Å². The van der Waals surface area contributed by atoms with E-state index in [0.29, 0.717) is 31.1 Å². The Labute approximate surface area is 94.9 Å². The Hall–Kier alpha value is 0.200. The minimum Gasteiger partial charge on any atom is -0.285 e. The molecule has 1 N–H and O–H groups in total. The molecule has 0 heterocycles. The zero-order valence-corrected chi connectivity index (χ0v) is 10.0. The van der Waals surface area contributed by atoms with E-state index in [-0.39, 0.29) is 4.87 Å². The van der Waals surface area contributed by atoms with Gasteiger partial charge in [0.15, 0.2) is 0 Å². The van der Waals surface area contributed by atoms with E-state index in [9.17, 15) is 13.0 Å². The molecule has 0 aliphatic heterocycles. The van der Waals surface area contributed by atoms with E-state index in [4.69, 9.17) is 11.6 Å². The molecule has 4 rings (SSSR count). The maximum absolute atomic E-state index is 11.5. The van der Waals surface area contributed by atoms with Crippen LogP contribution in [0.4, 0.5) is 0 Å². The molecule has 3 nitrogen and oxygen atoms in total. The molecular formula is C10H15ClO3S. The van der Waals surface area contributed by atoms with Gasteiger partial charge in [-0.05, 0) is 50.4 Å². The Kier molecular flexibility index (Phi) is 1.87. The van der Waals surface area contributed by atoms with Crippen LogP contribution in [0.2, 0.25) is 0 Å². The van der Waals surface area contributed by atoms with E-state index < -0.39 is 14.9 Å². The van der Waals surface area contributed by atoms with Crippen molar-refractivity contribution < 1.29 is 13.0 Å². The van der Waals surface area contributed by atoms with Crippen LogP contribution in [0.25, 0.3) is 0 Å². The van der Waals surface area contributed by atoms with Crippen molar-refractivity contribution in [2.24, 2.45) is 11.8 Å². The van der Waals surface area contributed by atoms with Gasteiger partial charge in [0.05, 0.1) is 4.75 Å². The first-order valence-corrected chi connectivity index (χ1v) is 7.30. The first-order chi connectivity index (χ1) is 6.82. The van der Waals surface area contributed by atoms with Crippen LogP contribution in [0.5, 0.6) is 0 Å². The lowest BCUT2D eigenvalue weighted by Gasteiger charge is -2.58. The number of hydrogen-bond donors (Lipinski definition) is 1. The zero-order valence-electron chi connectivity index (χ0n) is 8.45. The fourth-order valence-corrected chi connectivity index (χ4v) is 6.49. The van der Waals surface area contributed by atoms with Crippen molar-refractivity contribution in [3.8, 4) is 0 Å². The number of hydrogen-bond acceptors (Lipinski definition) is 2. The van der Waals surface area contributed by atoms with Gasteiger partial charge >= 0.3 is 0 Å². The summed E-state index contributed by atoms with van der Waals surface area (Å²) in [4.78, 5) is -0.347. The monoisotopic (exact) mass is 250 g/mol. The molecule has 0 aromatic heterocycles. The molecule has 2 unspecified atom stereocenters. The second-order valence-corrected chi connectivity index (χ2v) is 8.39. The van der Waals surface area contributed by atoms with Crippen molar-refractivity contribution in [3.05, 3.63) is 0 Å². The van der Waals surface area contributed by atoms with Crippen LogP contribution in [-0.4, -0.2) is 22.6 Å². The SMILES string of the molecule is O=S(=O)(O)C12C[C@@H]3C[C@@H](CC(Cl)(C3)C1)C2. The Bertz CT molecular complexity index is 389. The molecule has 4 fully saturated rings. The van der Waals surface area contributed by atoms with Crippen LogP contribution in [0.1, 0.15) is 38.5 Å². The van der Waals surface area contributed by atoms with Gasteiger partial charge in [0, 0.05) is 4.87 Å². The summed E-state index contributed by atoms with van der Waals surface area (Å²) in [5.41, 5.74) is 0. The predicted octanol–water partition coefficient (Wildman–Crippen LogP) is 2.20. The predicted molar refractivity (Wildman–Crippen MR) is 57.5 cm³/mol. The molecule has 4 aliphatic rings. The zero-order chi connectivity index (χ0) is 10.9. The van der Waals surface area contributed by atoms with E-state index >= 15 is 0 Å². The molecule has 0 radical (unpaired) electrons. The first-order valence-electron chi connectivity index (χ1n) is 5.48. The highest BCUT2D eigenvalue weighted by atomic mass is 35.5. The molecule has 15 heavy (non-hydrogen) atoms. The fraction of sp³-hybridized carbons (Fsp3) is 1.00. The van der Waals surface area contributed by atoms with Gasteiger partial charge in [-0.15, -0.1) is 11.6 Å². The summed E-state index contributed by atoms with van der Waals surface area (Å²) in [5.74, 6) is 0.816. The summed E-state index contributed by atoms with van der Waals surface area (Å²) >= 11 is 6.45. The molecule has 4 aliphatic carbocycles. The standard InChI is InChI=1S/C10H15ClO3S/c11-9-2-7-1-8(3-9)5-10(4-7,6-9)15(12,13)14/h7-8H,1-6H2,(H,12,13,14)/t7-,8+,9?,10?. The lowest BCUT2D eigenvalue weighted by molar-refractivity contribution is 0.0454. The third-order valence-corrected chi connectivity index (χ3v) is 6.50. The lowest BCUT2D eigenvalue weighted by atomic mass is 9.55. The Morgan fingerprint density at radius 2 is 1.67 bits per heavy atom. The maximum Gasteiger partial charge on any atom is 0.270 e. The van der Waals surface area contributed by atoms with E-state index in [1.807, 2.05) is 0 Å². The van der Waals surface area contributed by atoms with Crippen LogP contribution in [0.15, 0.2) is 0 Å². The van der Waals surface area contributed by atoms with Gasteiger partial charge in [0.25, 0.3) is 10.1 Å². The Balaban J connectivity index is 2.07. The number of rotatable bonds is 1. The van der Waals surface area contributed by atoms with E-state index in [1.54, 1.807) is 0 Å². The lowest BCUT2D eigenvalue weighted by Crippen LogP contribution is -2.59. The largest absolute Gasteiger partial charge is 0.285 e. The summed E-state index contributed by atoms with van der Waals surface area (Å²) in [6.45, 7) is 0. The molecule has 0 saturated heterocycles. The summed E-state index contributed by atoms with van der Waals surface area (Å²) in [6.07, 6.45) is 4.66. The van der Waals surface area contributed by atoms with Crippen molar-refractivity contribution in [1.29, 1.82) is 0 Å². The number of alkyl halides is 1. The highest BCUT2D eigenvalue weighted by molar-refractivity contribution is 7.87. The summed E-state index contributed by atoms with van der Waals surface area (Å²) in [7, 11) is -3.94. The number of halogens is 1. The molecule has 0 amide bonds. The van der Waals surface area contributed by atoms with Crippen LogP contribution in [0.3, 0.4) is 0 Å². The average molecular weight is 251 g/mol. The Morgan fingerprint density at radius 3 is 2.07 bits per heavy atom. The van der Waals surface area contributed by atoms with Crippen molar-refractivity contribution in [2.45, 2.75) is 48.1 Å². The molecule has 5 heteroatoms. The fourth-order valence-electron chi connectivity index (χ4n) is 4.37. The molecule has 4 bridgehead atoms. The van der Waals surface area contributed by atoms with Crippen LogP contribution in [0, 0.1) is 11.8 Å². The quantitative estimate of drug-likeness (QED) is 0.573. The highest BCUT2D eigenvalue weighted by Crippen LogP contribution is 2.62. The van der Waals surface area contributed by atoms with E-state index in [0.717, 1.165) is 19.3 Å². The average Bonchev–Trinajstić information content (AvgIpc) is 1.95. The normalized spacial score (nSPS) is 53.5. The molecular weight excluding hydrogens is 236 g/mol. The summed E-state index contributed by atoms with van der Waals surface area (Å²) in [5, 5.41) is 0. The van der Waals surface area contributed by atoms with E-state index in [2.05, 4.69) is 0 Å². The molecule has 4 atom stereocenters. The first kappa shape index (κ1) is 10.4. The second kappa shape index (κ2) is 2.71. The van der Waals surface area contributed by atoms with Crippen LogP contribution < -0.4 is 0 Å². The molecule has 0 aromatic carbocycles. The van der Waals surface area contributed by atoms with Gasteiger partial charge in [-0.25, -0.2) is 0 Å². The van der Waals surface area contributed by atoms with Gasteiger partial charge in [-0.1, -0.05) is 0 Å². The maximum atomic E-state index is 11.5. The van der Waals surface area contributed by atoms with E-state index in [1.165, 1.54) is 0 Å². The minimum atomic E-state index is -3.94. The topological polar surface area (TPSA) is 54.4 Å². The van der Waals surface area contributed by atoms with Crippen molar-refractivity contribution in [3.63, 3.8) is 0 Å². The molecule has 4 saturated carbocycles.